The molecule has 1 aromatic heterocycles. The summed E-state index contributed by atoms with van der Waals surface area (Å²) >= 11 is 1.15. The molecule has 114 valence electrons. The number of hydrogen-bond donors (Lipinski definition) is 1. The predicted molar refractivity (Wildman–Crippen MR) is 82.5 cm³/mol. The van der Waals surface area contributed by atoms with Crippen LogP contribution in [-0.2, 0) is 10.0 Å². The third-order valence-corrected chi connectivity index (χ3v) is 6.61. The van der Waals surface area contributed by atoms with Crippen LogP contribution < -0.4 is 10.0 Å². The summed E-state index contributed by atoms with van der Waals surface area (Å²) in [7, 11) is -1.64. The van der Waals surface area contributed by atoms with Gasteiger partial charge in [-0.15, -0.1) is 0 Å². The molecule has 1 aliphatic carbocycles. The molecule has 7 heteroatoms. The number of nitrogens with zero attached hydrogens (tertiary/aromatic N) is 2. The molecule has 1 saturated carbocycles. The lowest BCUT2D eigenvalue weighted by Gasteiger charge is -2.34. The van der Waals surface area contributed by atoms with Crippen LogP contribution in [0.15, 0.2) is 10.4 Å². The molecule has 1 aliphatic rings. The third kappa shape index (κ3) is 3.71. The molecular formula is C13H23N3O2S2. The van der Waals surface area contributed by atoms with E-state index >= 15 is 0 Å². The normalized spacial score (nSPS) is 23.8. The molecular weight excluding hydrogens is 294 g/mol. The Morgan fingerprint density at radius 1 is 1.40 bits per heavy atom. The minimum absolute atomic E-state index is 0.138. The Labute approximate surface area is 125 Å². The zero-order chi connectivity index (χ0) is 14.8. The second-order valence-corrected chi connectivity index (χ2v) is 8.38. The molecule has 2 N–H and O–H groups in total. The van der Waals surface area contributed by atoms with Crippen molar-refractivity contribution in [2.24, 2.45) is 11.1 Å². The van der Waals surface area contributed by atoms with Crippen LogP contribution >= 0.6 is 11.3 Å². The predicted octanol–water partition coefficient (Wildman–Crippen LogP) is 2.59. The minimum atomic E-state index is -3.63. The molecule has 0 bridgehead atoms. The van der Waals surface area contributed by atoms with Gasteiger partial charge in [0.05, 0.1) is 6.20 Å². The average molecular weight is 317 g/mol. The summed E-state index contributed by atoms with van der Waals surface area (Å²) in [5.74, 6) is 0.862. The van der Waals surface area contributed by atoms with Crippen molar-refractivity contribution < 1.29 is 8.42 Å². The van der Waals surface area contributed by atoms with Crippen LogP contribution in [0.25, 0.3) is 0 Å². The zero-order valence-electron chi connectivity index (χ0n) is 12.1. The fraction of sp³-hybridized carbons (Fsp3) is 0.769. The van der Waals surface area contributed by atoms with Crippen molar-refractivity contribution in [3.05, 3.63) is 6.20 Å². The van der Waals surface area contributed by atoms with Gasteiger partial charge in [0.1, 0.15) is 0 Å². The number of anilines is 1. The fourth-order valence-corrected chi connectivity index (χ4v) is 4.50. The highest BCUT2D eigenvalue weighted by Crippen LogP contribution is 2.33. The summed E-state index contributed by atoms with van der Waals surface area (Å²) in [6.45, 7) is 2.24. The lowest BCUT2D eigenvalue weighted by atomic mass is 9.83. The highest BCUT2D eigenvalue weighted by atomic mass is 32.2. The van der Waals surface area contributed by atoms with Gasteiger partial charge in [-0.3, -0.25) is 0 Å². The second kappa shape index (κ2) is 6.41. The van der Waals surface area contributed by atoms with E-state index in [2.05, 4.69) is 16.8 Å². The SMILES string of the molecule is CCCC1CCC(N(C)c2ncc(S(N)(=O)=O)s2)CC1. The van der Waals surface area contributed by atoms with E-state index in [1.807, 2.05) is 7.05 Å². The molecule has 1 heterocycles. The molecule has 0 aliphatic heterocycles. The largest absolute Gasteiger partial charge is 0.348 e. The Morgan fingerprint density at radius 2 is 2.05 bits per heavy atom. The molecule has 2 rings (SSSR count). The van der Waals surface area contributed by atoms with E-state index in [4.69, 9.17) is 5.14 Å². The van der Waals surface area contributed by atoms with E-state index in [0.29, 0.717) is 6.04 Å². The van der Waals surface area contributed by atoms with Crippen LogP contribution in [0.2, 0.25) is 0 Å². The van der Waals surface area contributed by atoms with Gasteiger partial charge in [-0.1, -0.05) is 31.1 Å². The summed E-state index contributed by atoms with van der Waals surface area (Å²) in [6, 6.07) is 0.461. The van der Waals surface area contributed by atoms with E-state index in [0.717, 1.165) is 35.2 Å². The average Bonchev–Trinajstić information content (AvgIpc) is 2.89. The van der Waals surface area contributed by atoms with Crippen LogP contribution in [0.5, 0.6) is 0 Å². The number of rotatable bonds is 5. The standard InChI is InChI=1S/C13H23N3O2S2/c1-3-4-10-5-7-11(8-6-10)16(2)13-15-9-12(19-13)20(14,17)18/h9-11H,3-8H2,1-2H3,(H2,14,17,18). The maximum absolute atomic E-state index is 11.3. The Balaban J connectivity index is 1.98. The van der Waals surface area contributed by atoms with Gasteiger partial charge in [0.15, 0.2) is 9.34 Å². The van der Waals surface area contributed by atoms with Gasteiger partial charge in [0.2, 0.25) is 10.0 Å². The van der Waals surface area contributed by atoms with E-state index in [9.17, 15) is 8.42 Å². The maximum Gasteiger partial charge on any atom is 0.249 e. The van der Waals surface area contributed by atoms with Crippen molar-refractivity contribution in [3.8, 4) is 0 Å². The molecule has 0 unspecified atom stereocenters. The molecule has 1 aromatic rings. The fourth-order valence-electron chi connectivity index (χ4n) is 2.93. The maximum atomic E-state index is 11.3. The minimum Gasteiger partial charge on any atom is -0.348 e. The molecule has 1 fully saturated rings. The Morgan fingerprint density at radius 3 is 2.55 bits per heavy atom. The molecule has 0 saturated heterocycles. The van der Waals surface area contributed by atoms with Gasteiger partial charge in [0, 0.05) is 13.1 Å². The van der Waals surface area contributed by atoms with E-state index < -0.39 is 10.0 Å². The quantitative estimate of drug-likeness (QED) is 0.905. The topological polar surface area (TPSA) is 76.3 Å². The van der Waals surface area contributed by atoms with Gasteiger partial charge < -0.3 is 4.90 Å². The van der Waals surface area contributed by atoms with Gasteiger partial charge in [-0.2, -0.15) is 0 Å². The van der Waals surface area contributed by atoms with E-state index in [1.165, 1.54) is 31.9 Å². The molecule has 0 aromatic carbocycles. The molecule has 0 radical (unpaired) electrons. The van der Waals surface area contributed by atoms with Crippen molar-refractivity contribution >= 4 is 26.5 Å². The van der Waals surface area contributed by atoms with Crippen molar-refractivity contribution in [3.63, 3.8) is 0 Å². The van der Waals surface area contributed by atoms with Gasteiger partial charge >= 0.3 is 0 Å². The van der Waals surface area contributed by atoms with Crippen molar-refractivity contribution in [2.75, 3.05) is 11.9 Å². The molecule has 20 heavy (non-hydrogen) atoms. The first kappa shape index (κ1) is 15.7. The van der Waals surface area contributed by atoms with Crippen LogP contribution in [0, 0.1) is 5.92 Å². The van der Waals surface area contributed by atoms with Gasteiger partial charge in [-0.25, -0.2) is 18.5 Å². The first-order valence-corrected chi connectivity index (χ1v) is 9.49. The van der Waals surface area contributed by atoms with Crippen LogP contribution in [-0.4, -0.2) is 26.5 Å². The molecule has 0 amide bonds. The summed E-state index contributed by atoms with van der Waals surface area (Å²) in [5.41, 5.74) is 0. The highest BCUT2D eigenvalue weighted by Gasteiger charge is 2.25. The Hall–Kier alpha value is -0.660. The van der Waals surface area contributed by atoms with Crippen molar-refractivity contribution in [2.45, 2.75) is 55.7 Å². The van der Waals surface area contributed by atoms with Crippen molar-refractivity contribution in [1.82, 2.24) is 4.98 Å². The number of thiazole rings is 1. The first-order valence-electron chi connectivity index (χ1n) is 7.13. The number of nitrogens with two attached hydrogens (primary N) is 1. The molecule has 0 atom stereocenters. The summed E-state index contributed by atoms with van der Waals surface area (Å²) in [4.78, 5) is 6.31. The number of aromatic nitrogens is 1. The molecule has 5 nitrogen and oxygen atoms in total. The second-order valence-electron chi connectivity index (χ2n) is 5.58. The van der Waals surface area contributed by atoms with Crippen molar-refractivity contribution in [1.29, 1.82) is 0 Å². The summed E-state index contributed by atoms with van der Waals surface area (Å²) < 4.78 is 22.7. The van der Waals surface area contributed by atoms with Gasteiger partial charge in [-0.05, 0) is 31.6 Å². The highest BCUT2D eigenvalue weighted by molar-refractivity contribution is 7.91. The van der Waals surface area contributed by atoms with E-state index in [1.54, 1.807) is 0 Å². The van der Waals surface area contributed by atoms with Crippen LogP contribution in [0.1, 0.15) is 45.4 Å². The summed E-state index contributed by atoms with van der Waals surface area (Å²) in [5, 5.41) is 5.87. The van der Waals surface area contributed by atoms with Gasteiger partial charge in [0.25, 0.3) is 0 Å². The number of primary sulfonamides is 1. The smallest absolute Gasteiger partial charge is 0.249 e. The summed E-state index contributed by atoms with van der Waals surface area (Å²) in [6.07, 6.45) is 8.77. The Kier molecular flexibility index (Phi) is 5.04. The number of sulfonamides is 1. The van der Waals surface area contributed by atoms with Crippen LogP contribution in [0.4, 0.5) is 5.13 Å². The lowest BCUT2D eigenvalue weighted by molar-refractivity contribution is 0.303. The molecule has 0 spiro atoms. The Bertz CT molecular complexity index is 534. The zero-order valence-corrected chi connectivity index (χ0v) is 13.7. The lowest BCUT2D eigenvalue weighted by Crippen LogP contribution is -2.35. The number of hydrogen-bond acceptors (Lipinski definition) is 5. The first-order chi connectivity index (χ1) is 9.41. The van der Waals surface area contributed by atoms with E-state index in [-0.39, 0.29) is 4.21 Å². The monoisotopic (exact) mass is 317 g/mol. The third-order valence-electron chi connectivity index (χ3n) is 4.12. The van der Waals surface area contributed by atoms with Crippen LogP contribution in [0.3, 0.4) is 0 Å².